The van der Waals surface area contributed by atoms with Gasteiger partial charge in [0.2, 0.25) is 10.0 Å². The second-order valence-corrected chi connectivity index (χ2v) is 9.13. The van der Waals surface area contributed by atoms with Gasteiger partial charge in [0.25, 0.3) is 0 Å². The Hall–Kier alpha value is -2.59. The Labute approximate surface area is 169 Å². The number of hydrogen-bond donors (Lipinski definition) is 1. The molecule has 156 valence electrons. The Bertz CT molecular complexity index is 1080. The molecule has 9 nitrogen and oxygen atoms in total. The summed E-state index contributed by atoms with van der Waals surface area (Å²) in [5.41, 5.74) is 1.35. The van der Waals surface area contributed by atoms with Crippen LogP contribution in [0.1, 0.15) is 25.3 Å². The highest BCUT2D eigenvalue weighted by Crippen LogP contribution is 2.34. The predicted octanol–water partition coefficient (Wildman–Crippen LogP) is 2.64. The molecule has 1 N–H and O–H groups in total. The number of nitrogens with zero attached hydrogens (tertiary/aromatic N) is 3. The van der Waals surface area contributed by atoms with Crippen LogP contribution in [0.3, 0.4) is 0 Å². The van der Waals surface area contributed by atoms with E-state index in [2.05, 4.69) is 15.0 Å². The van der Waals surface area contributed by atoms with Crippen LogP contribution in [0, 0.1) is 5.92 Å². The van der Waals surface area contributed by atoms with Gasteiger partial charge in [-0.15, -0.1) is 0 Å². The maximum atomic E-state index is 12.7. The summed E-state index contributed by atoms with van der Waals surface area (Å²) in [6.07, 6.45) is 5.08. The van der Waals surface area contributed by atoms with E-state index in [9.17, 15) is 8.42 Å². The van der Waals surface area contributed by atoms with Gasteiger partial charge >= 0.3 is 0 Å². The molecule has 0 radical (unpaired) electrons. The first-order valence-electron chi connectivity index (χ1n) is 9.49. The molecule has 2 atom stereocenters. The van der Waals surface area contributed by atoms with Crippen LogP contribution in [-0.4, -0.2) is 48.9 Å². The largest absolute Gasteiger partial charge is 0.496 e. The average Bonchev–Trinajstić information content (AvgIpc) is 3.31. The molecule has 0 amide bonds. The van der Waals surface area contributed by atoms with Gasteiger partial charge in [-0.05, 0) is 49.4 Å². The fourth-order valence-corrected chi connectivity index (χ4v) is 5.18. The van der Waals surface area contributed by atoms with Crippen molar-refractivity contribution in [2.24, 2.45) is 5.92 Å². The lowest BCUT2D eigenvalue weighted by atomic mass is 9.98. The summed E-state index contributed by atoms with van der Waals surface area (Å²) in [7, 11) is -2.06. The second kappa shape index (κ2) is 8.03. The molecule has 1 fully saturated rings. The number of anilines is 1. The normalized spacial score (nSPS) is 20.1. The van der Waals surface area contributed by atoms with E-state index in [1.807, 2.05) is 31.3 Å². The molecular weight excluding hydrogens is 396 g/mol. The molecule has 0 bridgehead atoms. The lowest BCUT2D eigenvalue weighted by Gasteiger charge is -2.26. The number of ether oxygens (including phenoxy) is 2. The molecular formula is C19H24N4O5S. The molecule has 1 aromatic carbocycles. The molecule has 1 aliphatic heterocycles. The molecule has 0 aliphatic carbocycles. The van der Waals surface area contributed by atoms with Crippen LogP contribution < -0.4 is 9.46 Å². The molecule has 2 unspecified atom stereocenters. The van der Waals surface area contributed by atoms with Gasteiger partial charge in [0.1, 0.15) is 11.1 Å². The van der Waals surface area contributed by atoms with E-state index in [1.54, 1.807) is 10.9 Å². The van der Waals surface area contributed by atoms with Crippen LogP contribution in [0.15, 0.2) is 35.1 Å². The number of nitrogens with one attached hydrogen (secondary N) is 1. The minimum absolute atomic E-state index is 0.0226. The van der Waals surface area contributed by atoms with E-state index in [1.165, 1.54) is 7.11 Å². The number of sulfonamides is 1. The summed E-state index contributed by atoms with van der Waals surface area (Å²) < 4.78 is 46.1. The first kappa shape index (κ1) is 19.7. The van der Waals surface area contributed by atoms with Crippen molar-refractivity contribution in [3.05, 3.63) is 36.2 Å². The minimum Gasteiger partial charge on any atom is -0.496 e. The molecule has 0 spiro atoms. The summed E-state index contributed by atoms with van der Waals surface area (Å²) in [4.78, 5) is 0. The number of rotatable bonds is 7. The van der Waals surface area contributed by atoms with Crippen LogP contribution in [0.25, 0.3) is 11.0 Å². The molecule has 3 aromatic rings. The molecule has 1 saturated heterocycles. The zero-order chi connectivity index (χ0) is 20.4. The van der Waals surface area contributed by atoms with Crippen molar-refractivity contribution in [3.8, 4) is 5.75 Å². The van der Waals surface area contributed by atoms with Crippen LogP contribution in [0.5, 0.6) is 5.75 Å². The van der Waals surface area contributed by atoms with E-state index in [0.717, 1.165) is 18.4 Å². The number of methoxy groups -OCH3 is 1. The summed E-state index contributed by atoms with van der Waals surface area (Å²) in [5, 5.41) is 8.63. The molecule has 3 heterocycles. The Morgan fingerprint density at radius 1 is 1.38 bits per heavy atom. The highest BCUT2D eigenvalue weighted by molar-refractivity contribution is 7.92. The molecule has 1 aliphatic rings. The molecule has 0 saturated carbocycles. The summed E-state index contributed by atoms with van der Waals surface area (Å²) in [6, 6.07) is 5.49. The first-order chi connectivity index (χ1) is 13.9. The van der Waals surface area contributed by atoms with Crippen LogP contribution >= 0.6 is 0 Å². The lowest BCUT2D eigenvalue weighted by Crippen LogP contribution is -2.30. The average molecular weight is 420 g/mol. The van der Waals surface area contributed by atoms with Gasteiger partial charge in [0.15, 0.2) is 11.4 Å². The fourth-order valence-electron chi connectivity index (χ4n) is 3.73. The van der Waals surface area contributed by atoms with Gasteiger partial charge in [0, 0.05) is 19.0 Å². The molecule has 2 aromatic heterocycles. The SMILES string of the molecule is COc1cc(Cn2cccn2)cc2onc(NS(=O)(=O)CC3CCOC(C)C3)c12. The third kappa shape index (κ3) is 4.54. The van der Waals surface area contributed by atoms with Crippen LogP contribution in [-0.2, 0) is 21.3 Å². The monoisotopic (exact) mass is 420 g/mol. The summed E-state index contributed by atoms with van der Waals surface area (Å²) in [6.45, 7) is 3.08. The first-order valence-corrected chi connectivity index (χ1v) is 11.1. The smallest absolute Gasteiger partial charge is 0.234 e. The quantitative estimate of drug-likeness (QED) is 0.626. The van der Waals surface area contributed by atoms with Crippen LogP contribution in [0.4, 0.5) is 5.82 Å². The highest BCUT2D eigenvalue weighted by atomic mass is 32.2. The summed E-state index contributed by atoms with van der Waals surface area (Å²) in [5.74, 6) is 0.706. The number of fused-ring (bicyclic) bond motifs is 1. The van der Waals surface area contributed by atoms with Crippen molar-refractivity contribution in [1.29, 1.82) is 0 Å². The highest BCUT2D eigenvalue weighted by Gasteiger charge is 2.27. The second-order valence-electron chi connectivity index (χ2n) is 7.36. The lowest BCUT2D eigenvalue weighted by molar-refractivity contribution is 0.00753. The van der Waals surface area contributed by atoms with Crippen molar-refractivity contribution in [2.45, 2.75) is 32.4 Å². The van der Waals surface area contributed by atoms with E-state index >= 15 is 0 Å². The van der Waals surface area contributed by atoms with Gasteiger partial charge in [-0.3, -0.25) is 9.40 Å². The third-order valence-corrected chi connectivity index (χ3v) is 6.44. The predicted molar refractivity (Wildman–Crippen MR) is 107 cm³/mol. The van der Waals surface area contributed by atoms with Crippen LogP contribution in [0.2, 0.25) is 0 Å². The Morgan fingerprint density at radius 2 is 2.24 bits per heavy atom. The van der Waals surface area contributed by atoms with Gasteiger partial charge in [-0.2, -0.15) is 5.10 Å². The van der Waals surface area contributed by atoms with Crippen molar-refractivity contribution in [2.75, 3.05) is 24.2 Å². The van der Waals surface area contributed by atoms with Crippen molar-refractivity contribution >= 4 is 26.8 Å². The fraction of sp³-hybridized carbons (Fsp3) is 0.474. The van der Waals surface area contributed by atoms with Crippen molar-refractivity contribution < 1.29 is 22.4 Å². The number of hydrogen-bond acceptors (Lipinski definition) is 7. The molecule has 10 heteroatoms. The molecule has 29 heavy (non-hydrogen) atoms. The Balaban J connectivity index is 1.57. The van der Waals surface area contributed by atoms with Crippen molar-refractivity contribution in [1.82, 2.24) is 14.9 Å². The zero-order valence-electron chi connectivity index (χ0n) is 16.4. The standard InChI is InChI=1S/C19H24N4O5S/c1-13-8-14(4-7-27-13)12-29(24,25)22-19-18-16(26-2)9-15(10-17(18)28-21-19)11-23-6-3-5-20-23/h3,5-6,9-10,13-14H,4,7-8,11-12H2,1-2H3,(H,21,22). The number of aromatic nitrogens is 3. The van der Waals surface area contributed by atoms with Gasteiger partial charge < -0.3 is 14.0 Å². The maximum absolute atomic E-state index is 12.7. The van der Waals surface area contributed by atoms with E-state index in [0.29, 0.717) is 29.9 Å². The Kier molecular flexibility index (Phi) is 5.46. The molecule has 4 rings (SSSR count). The van der Waals surface area contributed by atoms with E-state index < -0.39 is 10.0 Å². The van der Waals surface area contributed by atoms with Gasteiger partial charge in [-0.1, -0.05) is 5.16 Å². The third-order valence-electron chi connectivity index (χ3n) is 5.02. The van der Waals surface area contributed by atoms with Crippen molar-refractivity contribution in [3.63, 3.8) is 0 Å². The van der Waals surface area contributed by atoms with E-state index in [-0.39, 0.29) is 23.6 Å². The summed E-state index contributed by atoms with van der Waals surface area (Å²) >= 11 is 0. The topological polar surface area (TPSA) is 108 Å². The number of benzene rings is 1. The zero-order valence-corrected chi connectivity index (χ0v) is 17.2. The van der Waals surface area contributed by atoms with E-state index in [4.69, 9.17) is 14.0 Å². The van der Waals surface area contributed by atoms with Gasteiger partial charge in [-0.25, -0.2) is 8.42 Å². The maximum Gasteiger partial charge on any atom is 0.234 e. The Morgan fingerprint density at radius 3 is 2.97 bits per heavy atom. The minimum atomic E-state index is -3.59. The van der Waals surface area contributed by atoms with Gasteiger partial charge in [0.05, 0.1) is 25.5 Å².